The molecule has 17 heavy (non-hydrogen) atoms. The minimum Gasteiger partial charge on any atom is -0.477 e. The van der Waals surface area contributed by atoms with Gasteiger partial charge in [0, 0.05) is 18.4 Å². The monoisotopic (exact) mass is 232 g/mol. The van der Waals surface area contributed by atoms with E-state index in [0.29, 0.717) is 0 Å². The van der Waals surface area contributed by atoms with Crippen LogP contribution in [0.5, 0.6) is 0 Å². The lowest BCUT2D eigenvalue weighted by molar-refractivity contribution is 0.0690. The molecule has 1 aliphatic carbocycles. The van der Waals surface area contributed by atoms with Crippen molar-refractivity contribution in [2.45, 2.75) is 25.7 Å². The number of allylic oxidation sites excluding steroid dienone is 1. The van der Waals surface area contributed by atoms with E-state index in [9.17, 15) is 4.79 Å². The number of carbonyl (C=O) groups is 1. The van der Waals surface area contributed by atoms with Gasteiger partial charge in [-0.2, -0.15) is 0 Å². The van der Waals surface area contributed by atoms with Gasteiger partial charge in [-0.15, -0.1) is 0 Å². The molecule has 1 aromatic heterocycles. The van der Waals surface area contributed by atoms with Gasteiger partial charge in [0.05, 0.1) is 0 Å². The van der Waals surface area contributed by atoms with Crippen molar-refractivity contribution in [3.63, 3.8) is 0 Å². The van der Waals surface area contributed by atoms with Crippen LogP contribution in [0.25, 0.3) is 0 Å². The number of carboxylic acids is 1. The van der Waals surface area contributed by atoms with Crippen molar-refractivity contribution >= 4 is 11.7 Å². The standard InChI is InChI=1S/C13H16N2O2/c16-13(17)12-9-11(6-8-15-12)14-7-5-10-3-1-2-4-10/h3,6,8-9H,1-2,4-5,7H2,(H,14,15)(H,16,17). The highest BCUT2D eigenvalue weighted by molar-refractivity contribution is 5.86. The number of rotatable bonds is 5. The van der Waals surface area contributed by atoms with Gasteiger partial charge < -0.3 is 10.4 Å². The number of aromatic nitrogens is 1. The van der Waals surface area contributed by atoms with Gasteiger partial charge in [0.15, 0.2) is 0 Å². The van der Waals surface area contributed by atoms with E-state index in [-0.39, 0.29) is 5.69 Å². The lowest BCUT2D eigenvalue weighted by Crippen LogP contribution is -2.05. The fourth-order valence-electron chi connectivity index (χ4n) is 1.99. The first kappa shape index (κ1) is 11.6. The fourth-order valence-corrected chi connectivity index (χ4v) is 1.99. The second-order valence-electron chi connectivity index (χ2n) is 4.17. The number of pyridine rings is 1. The molecule has 0 aliphatic heterocycles. The first-order chi connectivity index (χ1) is 8.25. The first-order valence-electron chi connectivity index (χ1n) is 5.87. The van der Waals surface area contributed by atoms with Crippen LogP contribution in [-0.2, 0) is 0 Å². The summed E-state index contributed by atoms with van der Waals surface area (Å²) in [6.45, 7) is 0.842. The van der Waals surface area contributed by atoms with Crippen LogP contribution in [0.2, 0.25) is 0 Å². The van der Waals surface area contributed by atoms with Crippen LogP contribution in [0.3, 0.4) is 0 Å². The highest BCUT2D eigenvalue weighted by Crippen LogP contribution is 2.20. The summed E-state index contributed by atoms with van der Waals surface area (Å²) in [4.78, 5) is 14.5. The van der Waals surface area contributed by atoms with E-state index in [1.165, 1.54) is 31.0 Å². The third kappa shape index (κ3) is 3.31. The van der Waals surface area contributed by atoms with E-state index >= 15 is 0 Å². The summed E-state index contributed by atoms with van der Waals surface area (Å²) in [6, 6.07) is 3.35. The van der Waals surface area contributed by atoms with E-state index in [1.807, 2.05) is 0 Å². The highest BCUT2D eigenvalue weighted by Gasteiger charge is 2.06. The van der Waals surface area contributed by atoms with Gasteiger partial charge in [-0.3, -0.25) is 0 Å². The Morgan fingerprint density at radius 3 is 3.12 bits per heavy atom. The molecule has 0 saturated carbocycles. The summed E-state index contributed by atoms with van der Waals surface area (Å²) in [5, 5.41) is 12.0. The number of carboxylic acid groups (broad SMARTS) is 1. The molecule has 2 rings (SSSR count). The van der Waals surface area contributed by atoms with Crippen molar-refractivity contribution in [1.29, 1.82) is 0 Å². The van der Waals surface area contributed by atoms with Gasteiger partial charge in [-0.05, 0) is 37.8 Å². The molecular formula is C13H16N2O2. The average molecular weight is 232 g/mol. The molecule has 1 heterocycles. The molecule has 1 aliphatic rings. The molecule has 0 spiro atoms. The number of nitrogens with zero attached hydrogens (tertiary/aromatic N) is 1. The summed E-state index contributed by atoms with van der Waals surface area (Å²) >= 11 is 0. The van der Waals surface area contributed by atoms with Crippen molar-refractivity contribution in [2.75, 3.05) is 11.9 Å². The highest BCUT2D eigenvalue weighted by atomic mass is 16.4. The summed E-state index contributed by atoms with van der Waals surface area (Å²) in [5.74, 6) is -0.993. The molecule has 0 amide bonds. The van der Waals surface area contributed by atoms with Crippen molar-refractivity contribution in [2.24, 2.45) is 0 Å². The van der Waals surface area contributed by atoms with Gasteiger partial charge in [-0.1, -0.05) is 11.6 Å². The fraction of sp³-hybridized carbons (Fsp3) is 0.385. The second kappa shape index (κ2) is 5.48. The Kier molecular flexibility index (Phi) is 3.75. The van der Waals surface area contributed by atoms with Crippen molar-refractivity contribution in [3.05, 3.63) is 35.7 Å². The Hall–Kier alpha value is -1.84. The van der Waals surface area contributed by atoms with Crippen molar-refractivity contribution in [3.8, 4) is 0 Å². The van der Waals surface area contributed by atoms with E-state index in [0.717, 1.165) is 18.7 Å². The third-order valence-electron chi connectivity index (χ3n) is 2.89. The van der Waals surface area contributed by atoms with Gasteiger partial charge in [0.25, 0.3) is 0 Å². The maximum atomic E-state index is 10.7. The van der Waals surface area contributed by atoms with E-state index in [4.69, 9.17) is 5.11 Å². The van der Waals surface area contributed by atoms with Gasteiger partial charge in [0.2, 0.25) is 0 Å². The topological polar surface area (TPSA) is 62.2 Å². The smallest absolute Gasteiger partial charge is 0.354 e. The van der Waals surface area contributed by atoms with Gasteiger partial charge >= 0.3 is 5.97 Å². The number of nitrogens with one attached hydrogen (secondary N) is 1. The lowest BCUT2D eigenvalue weighted by Gasteiger charge is -2.07. The zero-order valence-electron chi connectivity index (χ0n) is 9.65. The van der Waals surface area contributed by atoms with Crippen molar-refractivity contribution < 1.29 is 9.90 Å². The Labute approximate surface area is 100 Å². The summed E-state index contributed by atoms with van der Waals surface area (Å²) in [5.41, 5.74) is 2.40. The summed E-state index contributed by atoms with van der Waals surface area (Å²) in [6.07, 6.45) is 8.53. The summed E-state index contributed by atoms with van der Waals surface area (Å²) in [7, 11) is 0. The molecular weight excluding hydrogens is 216 g/mol. The van der Waals surface area contributed by atoms with Crippen LogP contribution in [0.15, 0.2) is 30.0 Å². The van der Waals surface area contributed by atoms with Crippen LogP contribution in [-0.4, -0.2) is 22.6 Å². The Bertz CT molecular complexity index is 441. The predicted octanol–water partition coefficient (Wildman–Crippen LogP) is 2.69. The molecule has 0 fully saturated rings. The molecule has 1 aromatic rings. The van der Waals surface area contributed by atoms with E-state index in [2.05, 4.69) is 16.4 Å². The Morgan fingerprint density at radius 2 is 2.41 bits per heavy atom. The molecule has 2 N–H and O–H groups in total. The number of hydrogen-bond acceptors (Lipinski definition) is 3. The Morgan fingerprint density at radius 1 is 1.53 bits per heavy atom. The van der Waals surface area contributed by atoms with Gasteiger partial charge in [0.1, 0.15) is 5.69 Å². The zero-order chi connectivity index (χ0) is 12.1. The lowest BCUT2D eigenvalue weighted by atomic mass is 10.1. The molecule has 0 saturated heterocycles. The van der Waals surface area contributed by atoms with E-state index in [1.54, 1.807) is 12.1 Å². The minimum absolute atomic E-state index is 0.0788. The van der Waals surface area contributed by atoms with Crippen LogP contribution >= 0.6 is 0 Å². The maximum Gasteiger partial charge on any atom is 0.354 e. The molecule has 4 heteroatoms. The van der Waals surface area contributed by atoms with Crippen molar-refractivity contribution in [1.82, 2.24) is 4.98 Å². The van der Waals surface area contributed by atoms with Crippen LogP contribution in [0, 0.1) is 0 Å². The normalized spacial score (nSPS) is 14.5. The molecule has 0 bridgehead atoms. The largest absolute Gasteiger partial charge is 0.477 e. The van der Waals surface area contributed by atoms with Crippen LogP contribution in [0.1, 0.15) is 36.2 Å². The molecule has 0 atom stereocenters. The predicted molar refractivity (Wildman–Crippen MR) is 66.2 cm³/mol. The maximum absolute atomic E-state index is 10.7. The van der Waals surface area contributed by atoms with E-state index < -0.39 is 5.97 Å². The number of anilines is 1. The molecule has 4 nitrogen and oxygen atoms in total. The second-order valence-corrected chi connectivity index (χ2v) is 4.17. The first-order valence-corrected chi connectivity index (χ1v) is 5.87. The molecule has 0 unspecified atom stereocenters. The zero-order valence-corrected chi connectivity index (χ0v) is 9.65. The van der Waals surface area contributed by atoms with Gasteiger partial charge in [-0.25, -0.2) is 9.78 Å². The number of aromatic carboxylic acids is 1. The van der Waals surface area contributed by atoms with Crippen LogP contribution < -0.4 is 5.32 Å². The summed E-state index contributed by atoms with van der Waals surface area (Å²) < 4.78 is 0. The minimum atomic E-state index is -0.993. The third-order valence-corrected chi connectivity index (χ3v) is 2.89. The molecule has 0 radical (unpaired) electrons. The van der Waals surface area contributed by atoms with Crippen LogP contribution in [0.4, 0.5) is 5.69 Å². The quantitative estimate of drug-likeness (QED) is 0.766. The SMILES string of the molecule is O=C(O)c1cc(NCCC2=CCCC2)ccn1. The average Bonchev–Trinajstić information content (AvgIpc) is 2.82. The Balaban J connectivity index is 1.86. The molecule has 90 valence electrons. The number of hydrogen-bond donors (Lipinski definition) is 2. The molecule has 0 aromatic carbocycles.